The van der Waals surface area contributed by atoms with E-state index in [1.165, 1.54) is 11.2 Å². The van der Waals surface area contributed by atoms with Crippen LogP contribution in [0, 0.1) is 5.82 Å². The lowest BCUT2D eigenvalue weighted by Crippen LogP contribution is -2.55. The van der Waals surface area contributed by atoms with Crippen LogP contribution in [0.3, 0.4) is 0 Å². The first kappa shape index (κ1) is 25.7. The minimum Gasteiger partial charge on any atom is -0.393 e. The summed E-state index contributed by atoms with van der Waals surface area (Å²) in [5.74, 6) is -0.139. The molecule has 3 N–H and O–H groups in total. The zero-order valence-corrected chi connectivity index (χ0v) is 21.8. The molecule has 0 spiro atoms. The lowest BCUT2D eigenvalue weighted by molar-refractivity contribution is 0.0827. The smallest absolute Gasteiger partial charge is 0.253 e. The van der Waals surface area contributed by atoms with Crippen molar-refractivity contribution in [1.82, 2.24) is 19.8 Å². The number of halogens is 2. The molecule has 0 aliphatic carbocycles. The fraction of sp³-hybridized carbons (Fsp3) is 0.346. The van der Waals surface area contributed by atoms with Gasteiger partial charge in [-0.05, 0) is 50.7 Å². The van der Waals surface area contributed by atoms with Gasteiger partial charge in [0.2, 0.25) is 0 Å². The molecule has 1 fully saturated rings. The Balaban J connectivity index is 1.79. The van der Waals surface area contributed by atoms with Crippen molar-refractivity contribution < 1.29 is 9.18 Å². The molecule has 10 heteroatoms. The van der Waals surface area contributed by atoms with E-state index in [0.29, 0.717) is 33.9 Å². The molecule has 190 valence electrons. The van der Waals surface area contributed by atoms with Crippen LogP contribution in [0.25, 0.3) is 11.1 Å². The van der Waals surface area contributed by atoms with Crippen LogP contribution >= 0.6 is 11.6 Å². The third kappa shape index (κ3) is 5.08. The normalized spacial score (nSPS) is 18.2. The number of nitrogens with two attached hydrogens (primary N) is 1. The van der Waals surface area contributed by atoms with Crippen LogP contribution < -0.4 is 16.0 Å². The van der Waals surface area contributed by atoms with Crippen LogP contribution in [0.4, 0.5) is 27.3 Å². The average Bonchev–Trinajstić information content (AvgIpc) is 2.85. The first-order chi connectivity index (χ1) is 17.1. The third-order valence-electron chi connectivity index (χ3n) is 6.72. The summed E-state index contributed by atoms with van der Waals surface area (Å²) >= 11 is 6.11. The van der Waals surface area contributed by atoms with Crippen molar-refractivity contribution >= 4 is 40.4 Å². The van der Waals surface area contributed by atoms with Gasteiger partial charge in [-0.25, -0.2) is 14.4 Å². The van der Waals surface area contributed by atoms with E-state index in [0.717, 1.165) is 13.1 Å². The zero-order chi connectivity index (χ0) is 26.1. The van der Waals surface area contributed by atoms with E-state index in [-0.39, 0.29) is 34.6 Å². The molecule has 3 aromatic rings. The monoisotopic (exact) mass is 511 g/mol. The quantitative estimate of drug-likeness (QED) is 0.487. The van der Waals surface area contributed by atoms with Gasteiger partial charge in [0.1, 0.15) is 17.8 Å². The summed E-state index contributed by atoms with van der Waals surface area (Å²) in [6.07, 6.45) is 1.33. The Morgan fingerprint density at radius 3 is 2.39 bits per heavy atom. The van der Waals surface area contributed by atoms with Crippen molar-refractivity contribution in [1.29, 1.82) is 0 Å². The van der Waals surface area contributed by atoms with E-state index in [4.69, 9.17) is 17.3 Å². The first-order valence-corrected chi connectivity index (χ1v) is 12.1. The van der Waals surface area contributed by atoms with Gasteiger partial charge in [-0.3, -0.25) is 9.69 Å². The van der Waals surface area contributed by atoms with Crippen molar-refractivity contribution in [2.75, 3.05) is 50.2 Å². The fourth-order valence-corrected chi connectivity index (χ4v) is 4.53. The van der Waals surface area contributed by atoms with Gasteiger partial charge in [0, 0.05) is 50.4 Å². The van der Waals surface area contributed by atoms with Crippen molar-refractivity contribution in [2.45, 2.75) is 25.9 Å². The maximum absolute atomic E-state index is 15.6. The number of anilines is 4. The molecule has 0 bridgehead atoms. The van der Waals surface area contributed by atoms with E-state index in [1.54, 1.807) is 50.5 Å². The summed E-state index contributed by atoms with van der Waals surface area (Å²) in [5.41, 5.74) is 9.24. The maximum atomic E-state index is 15.6. The molecule has 0 saturated carbocycles. The number of carbonyl (C=O) groups is 1. The Labute approximate surface area is 215 Å². The summed E-state index contributed by atoms with van der Waals surface area (Å²) in [4.78, 5) is 26.4. The molecule has 0 unspecified atom stereocenters. The summed E-state index contributed by atoms with van der Waals surface area (Å²) in [7, 11) is 5.49. The predicted molar refractivity (Wildman–Crippen MR) is 143 cm³/mol. The third-order valence-corrected chi connectivity index (χ3v) is 7.02. The molecular formula is C26H31ClFN7O. The number of carbonyl (C=O) groups excluding carboxylic acids is 1. The van der Waals surface area contributed by atoms with Crippen molar-refractivity contribution in [3.8, 4) is 11.1 Å². The van der Waals surface area contributed by atoms with Gasteiger partial charge < -0.3 is 20.9 Å². The van der Waals surface area contributed by atoms with E-state index in [2.05, 4.69) is 46.0 Å². The van der Waals surface area contributed by atoms with Crippen molar-refractivity contribution in [2.24, 2.45) is 0 Å². The zero-order valence-electron chi connectivity index (χ0n) is 21.1. The van der Waals surface area contributed by atoms with Crippen molar-refractivity contribution in [3.63, 3.8) is 0 Å². The molecular weight excluding hydrogens is 481 g/mol. The van der Waals surface area contributed by atoms with Crippen LogP contribution in [0.15, 0.2) is 42.7 Å². The Kier molecular flexibility index (Phi) is 7.33. The minimum atomic E-state index is -0.366. The molecule has 36 heavy (non-hydrogen) atoms. The van der Waals surface area contributed by atoms with Gasteiger partial charge in [-0.2, -0.15) is 0 Å². The van der Waals surface area contributed by atoms with Gasteiger partial charge in [-0.1, -0.05) is 23.7 Å². The molecule has 2 aromatic carbocycles. The first-order valence-electron chi connectivity index (χ1n) is 11.7. The number of piperazine rings is 1. The van der Waals surface area contributed by atoms with Gasteiger partial charge >= 0.3 is 0 Å². The van der Waals surface area contributed by atoms with Crippen LogP contribution in [-0.4, -0.2) is 72.0 Å². The van der Waals surface area contributed by atoms with Crippen LogP contribution in [0.2, 0.25) is 5.15 Å². The van der Waals surface area contributed by atoms with E-state index in [9.17, 15) is 4.79 Å². The minimum absolute atomic E-state index is 0.117. The topological polar surface area (TPSA) is 90.6 Å². The van der Waals surface area contributed by atoms with E-state index < -0.39 is 0 Å². The van der Waals surface area contributed by atoms with Crippen LogP contribution in [-0.2, 0) is 0 Å². The number of nitrogens with one attached hydrogen (secondary N) is 1. The molecule has 2 atom stereocenters. The summed E-state index contributed by atoms with van der Waals surface area (Å²) < 4.78 is 15.6. The summed E-state index contributed by atoms with van der Waals surface area (Å²) in [5, 5.41) is 3.40. The van der Waals surface area contributed by atoms with Crippen LogP contribution in [0.5, 0.6) is 0 Å². The lowest BCUT2D eigenvalue weighted by Gasteiger charge is -2.44. The van der Waals surface area contributed by atoms with Gasteiger partial charge in [0.15, 0.2) is 11.0 Å². The highest BCUT2D eigenvalue weighted by molar-refractivity contribution is 6.32. The Hall–Kier alpha value is -3.43. The van der Waals surface area contributed by atoms with Gasteiger partial charge in [0.25, 0.3) is 5.91 Å². The Bertz CT molecular complexity index is 1260. The van der Waals surface area contributed by atoms with E-state index >= 15 is 4.39 Å². The highest BCUT2D eigenvalue weighted by atomic mass is 35.5. The molecule has 0 radical (unpaired) electrons. The highest BCUT2D eigenvalue weighted by Crippen LogP contribution is 2.38. The van der Waals surface area contributed by atoms with Gasteiger partial charge in [0.05, 0.1) is 11.4 Å². The second-order valence-electron chi connectivity index (χ2n) is 9.45. The molecule has 4 rings (SSSR count). The molecule has 1 amide bonds. The molecule has 1 aromatic heterocycles. The maximum Gasteiger partial charge on any atom is 0.253 e. The fourth-order valence-electron chi connectivity index (χ4n) is 4.40. The second-order valence-corrected chi connectivity index (χ2v) is 9.80. The molecule has 1 aliphatic rings. The number of nitrogen functional groups attached to an aromatic ring is 1. The predicted octanol–water partition coefficient (Wildman–Crippen LogP) is 4.49. The number of amides is 1. The number of benzene rings is 2. The number of nitrogens with zero attached hydrogens (tertiary/aromatic N) is 5. The SMILES string of the molecule is C[C@@H]1CN(c2cc(F)c(-c3ccc(C(=O)N(C)C)cc3)cc2Nc2ncnc(Cl)c2N)C[C@H](C)N1C. The van der Waals surface area contributed by atoms with Crippen molar-refractivity contribution in [3.05, 3.63) is 59.3 Å². The lowest BCUT2D eigenvalue weighted by atomic mass is 10.00. The molecule has 8 nitrogen and oxygen atoms in total. The number of hydrogen-bond acceptors (Lipinski definition) is 7. The number of rotatable bonds is 5. The van der Waals surface area contributed by atoms with Crippen LogP contribution in [0.1, 0.15) is 24.2 Å². The number of hydrogen-bond donors (Lipinski definition) is 2. The van der Waals surface area contributed by atoms with E-state index in [1.807, 2.05) is 0 Å². The number of likely N-dealkylation sites (N-methyl/N-ethyl adjacent to an activating group) is 1. The number of aromatic nitrogens is 2. The Morgan fingerprint density at radius 1 is 1.14 bits per heavy atom. The second kappa shape index (κ2) is 10.3. The molecule has 2 heterocycles. The van der Waals surface area contributed by atoms with Gasteiger partial charge in [-0.15, -0.1) is 0 Å². The average molecular weight is 512 g/mol. The summed E-state index contributed by atoms with van der Waals surface area (Å²) in [6.45, 7) is 5.77. The Morgan fingerprint density at radius 2 is 1.78 bits per heavy atom. The molecule has 1 saturated heterocycles. The molecule has 1 aliphatic heterocycles. The summed E-state index contributed by atoms with van der Waals surface area (Å²) in [6, 6.07) is 10.7. The highest BCUT2D eigenvalue weighted by Gasteiger charge is 2.29. The largest absolute Gasteiger partial charge is 0.393 e. The standard InChI is InChI=1S/C26H31ClFN7O/c1-15-12-35(13-16(2)34(15)5)22-11-20(28)19(17-6-8-18(9-7-17)26(36)33(3)4)10-21(22)32-25-23(29)24(27)30-14-31-25/h6-11,14-16H,12-13,29H2,1-5H3,(H,30,31,32)/t15-,16+.